The Labute approximate surface area is 134 Å². The molecule has 7 heteroatoms. The molecule has 0 saturated carbocycles. The maximum atomic E-state index is 13.0. The molecule has 21 heavy (non-hydrogen) atoms. The molecule has 0 spiro atoms. The molecule has 1 heterocycles. The third-order valence-electron chi connectivity index (χ3n) is 3.52. The first-order valence-electron chi connectivity index (χ1n) is 6.53. The first-order valence-corrected chi connectivity index (χ1v) is 6.91. The highest BCUT2D eigenvalue weighted by atomic mass is 35.5. The van der Waals surface area contributed by atoms with E-state index in [-0.39, 0.29) is 34.4 Å². The Kier molecular flexibility index (Phi) is 6.87. The summed E-state index contributed by atoms with van der Waals surface area (Å²) in [6.07, 6.45) is 1.99. The Hall–Kier alpha value is -0.880. The first-order chi connectivity index (χ1) is 9.56. The minimum Gasteiger partial charge on any atom is -0.383 e. The Balaban J connectivity index is 0.00000220. The van der Waals surface area contributed by atoms with Crippen LogP contribution in [-0.4, -0.2) is 38.3 Å². The van der Waals surface area contributed by atoms with E-state index in [1.54, 1.807) is 7.11 Å². The van der Waals surface area contributed by atoms with Crippen LogP contribution in [0.5, 0.6) is 0 Å². The van der Waals surface area contributed by atoms with Crippen LogP contribution in [0.15, 0.2) is 18.2 Å². The molecule has 1 saturated heterocycles. The molecule has 118 valence electrons. The van der Waals surface area contributed by atoms with E-state index in [2.05, 4.69) is 10.6 Å². The number of rotatable bonds is 5. The van der Waals surface area contributed by atoms with Crippen LogP contribution in [0.1, 0.15) is 23.2 Å². The fourth-order valence-electron chi connectivity index (χ4n) is 2.49. The molecule has 2 rings (SSSR count). The highest BCUT2D eigenvalue weighted by Gasteiger charge is 2.33. The molecule has 0 aliphatic carbocycles. The summed E-state index contributed by atoms with van der Waals surface area (Å²) in [5.41, 5.74) is 0.0512. The molecular formula is C14H19Cl2FN2O2. The number of hydrogen-bond acceptors (Lipinski definition) is 3. The third kappa shape index (κ3) is 4.54. The van der Waals surface area contributed by atoms with Crippen molar-refractivity contribution in [1.29, 1.82) is 0 Å². The normalized spacial score (nSPS) is 20.9. The van der Waals surface area contributed by atoms with Crippen molar-refractivity contribution < 1.29 is 13.9 Å². The number of nitrogens with one attached hydrogen (secondary N) is 2. The van der Waals surface area contributed by atoms with E-state index < -0.39 is 5.82 Å². The van der Waals surface area contributed by atoms with Gasteiger partial charge in [-0.2, -0.15) is 0 Å². The van der Waals surface area contributed by atoms with E-state index in [4.69, 9.17) is 16.3 Å². The highest BCUT2D eigenvalue weighted by molar-refractivity contribution is 6.33. The summed E-state index contributed by atoms with van der Waals surface area (Å²) in [7, 11) is 1.64. The van der Waals surface area contributed by atoms with E-state index in [0.717, 1.165) is 25.5 Å². The zero-order valence-corrected chi connectivity index (χ0v) is 13.3. The van der Waals surface area contributed by atoms with Gasteiger partial charge in [0.15, 0.2) is 0 Å². The van der Waals surface area contributed by atoms with Crippen molar-refractivity contribution in [2.75, 3.05) is 26.8 Å². The van der Waals surface area contributed by atoms with Crippen LogP contribution < -0.4 is 10.6 Å². The summed E-state index contributed by atoms with van der Waals surface area (Å²) in [5.74, 6) is -0.765. The predicted molar refractivity (Wildman–Crippen MR) is 82.8 cm³/mol. The van der Waals surface area contributed by atoms with Crippen molar-refractivity contribution in [3.63, 3.8) is 0 Å². The van der Waals surface area contributed by atoms with Crippen LogP contribution in [0.2, 0.25) is 5.02 Å². The Morgan fingerprint density at radius 2 is 2.33 bits per heavy atom. The molecule has 1 aromatic rings. The van der Waals surface area contributed by atoms with E-state index in [9.17, 15) is 9.18 Å². The van der Waals surface area contributed by atoms with Gasteiger partial charge >= 0.3 is 0 Å². The standard InChI is InChI=1S/C14H18ClFN2O2.ClH/c1-20-9-14(5-2-6-18-14)8-17-13(19)11-4-3-10(16)7-12(11)15;/h3-4,7,18H,2,5-6,8-9H2,1H3,(H,17,19);1H. The maximum absolute atomic E-state index is 13.0. The van der Waals surface area contributed by atoms with E-state index in [1.807, 2.05) is 0 Å². The quantitative estimate of drug-likeness (QED) is 0.868. The molecule has 4 nitrogen and oxygen atoms in total. The van der Waals surface area contributed by atoms with Gasteiger partial charge < -0.3 is 15.4 Å². The SMILES string of the molecule is COCC1(CNC(=O)c2ccc(F)cc2Cl)CCCN1.Cl. The topological polar surface area (TPSA) is 50.4 Å². The van der Waals surface area contributed by atoms with Crippen LogP contribution in [0.25, 0.3) is 0 Å². The van der Waals surface area contributed by atoms with Crippen molar-refractivity contribution in [2.45, 2.75) is 18.4 Å². The summed E-state index contributed by atoms with van der Waals surface area (Å²) in [4.78, 5) is 12.1. The van der Waals surface area contributed by atoms with Gasteiger partial charge in [-0.1, -0.05) is 11.6 Å². The summed E-state index contributed by atoms with van der Waals surface area (Å²) in [5, 5.41) is 6.32. The molecule has 1 aliphatic heterocycles. The highest BCUT2D eigenvalue weighted by Crippen LogP contribution is 2.20. The zero-order chi connectivity index (χ0) is 14.6. The second-order valence-corrected chi connectivity index (χ2v) is 5.46. The van der Waals surface area contributed by atoms with E-state index >= 15 is 0 Å². The minimum absolute atomic E-state index is 0. The van der Waals surface area contributed by atoms with Crippen molar-refractivity contribution in [2.24, 2.45) is 0 Å². The Morgan fingerprint density at radius 3 is 2.90 bits per heavy atom. The Bertz CT molecular complexity index is 494. The molecule has 1 amide bonds. The molecule has 1 fully saturated rings. The molecule has 0 bridgehead atoms. The van der Waals surface area contributed by atoms with Crippen LogP contribution in [-0.2, 0) is 4.74 Å². The van der Waals surface area contributed by atoms with Gasteiger partial charge in [-0.25, -0.2) is 4.39 Å². The van der Waals surface area contributed by atoms with Gasteiger partial charge in [0.1, 0.15) is 5.82 Å². The number of carbonyl (C=O) groups is 1. The third-order valence-corrected chi connectivity index (χ3v) is 3.83. The van der Waals surface area contributed by atoms with Gasteiger partial charge in [0.25, 0.3) is 5.91 Å². The number of carbonyl (C=O) groups excluding carboxylic acids is 1. The van der Waals surface area contributed by atoms with Gasteiger partial charge in [-0.05, 0) is 37.6 Å². The van der Waals surface area contributed by atoms with Gasteiger partial charge in [0.2, 0.25) is 0 Å². The number of methoxy groups -OCH3 is 1. The second kappa shape index (κ2) is 7.94. The van der Waals surface area contributed by atoms with Crippen LogP contribution in [0.3, 0.4) is 0 Å². The Morgan fingerprint density at radius 1 is 1.57 bits per heavy atom. The van der Waals surface area contributed by atoms with Crippen LogP contribution >= 0.6 is 24.0 Å². The maximum Gasteiger partial charge on any atom is 0.252 e. The monoisotopic (exact) mass is 336 g/mol. The van der Waals surface area contributed by atoms with Crippen molar-refractivity contribution in [3.05, 3.63) is 34.6 Å². The van der Waals surface area contributed by atoms with Gasteiger partial charge in [0, 0.05) is 13.7 Å². The molecule has 1 aromatic carbocycles. The van der Waals surface area contributed by atoms with Gasteiger partial charge in [0.05, 0.1) is 22.7 Å². The lowest BCUT2D eigenvalue weighted by Gasteiger charge is -2.29. The van der Waals surface area contributed by atoms with E-state index in [1.165, 1.54) is 12.1 Å². The molecule has 1 aliphatic rings. The van der Waals surface area contributed by atoms with Crippen molar-refractivity contribution in [3.8, 4) is 0 Å². The number of hydrogen-bond donors (Lipinski definition) is 2. The fourth-order valence-corrected chi connectivity index (χ4v) is 2.74. The first kappa shape index (κ1) is 18.2. The lowest BCUT2D eigenvalue weighted by Crippen LogP contribution is -2.53. The number of amides is 1. The lowest BCUT2D eigenvalue weighted by molar-refractivity contribution is 0.0892. The molecular weight excluding hydrogens is 318 g/mol. The number of benzene rings is 1. The largest absolute Gasteiger partial charge is 0.383 e. The molecule has 0 aromatic heterocycles. The van der Waals surface area contributed by atoms with Crippen molar-refractivity contribution in [1.82, 2.24) is 10.6 Å². The molecule has 1 unspecified atom stereocenters. The second-order valence-electron chi connectivity index (χ2n) is 5.05. The minimum atomic E-state index is -0.458. The lowest BCUT2D eigenvalue weighted by atomic mass is 9.98. The average molecular weight is 337 g/mol. The summed E-state index contributed by atoms with van der Waals surface area (Å²) in [6.45, 7) is 1.90. The summed E-state index contributed by atoms with van der Waals surface area (Å²) >= 11 is 5.87. The zero-order valence-electron chi connectivity index (χ0n) is 11.7. The van der Waals surface area contributed by atoms with E-state index in [0.29, 0.717) is 13.2 Å². The summed E-state index contributed by atoms with van der Waals surface area (Å²) < 4.78 is 18.2. The fraction of sp³-hybridized carbons (Fsp3) is 0.500. The molecule has 1 atom stereocenters. The molecule has 2 N–H and O–H groups in total. The number of ether oxygens (including phenoxy) is 1. The average Bonchev–Trinajstić information content (AvgIpc) is 2.85. The van der Waals surface area contributed by atoms with Crippen LogP contribution in [0.4, 0.5) is 4.39 Å². The number of halogens is 3. The smallest absolute Gasteiger partial charge is 0.252 e. The van der Waals surface area contributed by atoms with Gasteiger partial charge in [-0.3, -0.25) is 4.79 Å². The summed E-state index contributed by atoms with van der Waals surface area (Å²) in [6, 6.07) is 3.74. The molecule has 0 radical (unpaired) electrons. The van der Waals surface area contributed by atoms with Gasteiger partial charge in [-0.15, -0.1) is 12.4 Å². The van der Waals surface area contributed by atoms with Crippen LogP contribution in [0, 0.1) is 5.82 Å². The van der Waals surface area contributed by atoms with Crippen molar-refractivity contribution >= 4 is 29.9 Å². The predicted octanol–water partition coefficient (Wildman–Crippen LogP) is 2.40.